The molecule has 0 aliphatic rings. The molecule has 0 bridgehead atoms. The molecule has 5 N–H and O–H groups in total. The van der Waals surface area contributed by atoms with E-state index in [1.807, 2.05) is 0 Å². The van der Waals surface area contributed by atoms with Crippen LogP contribution in [0.5, 0.6) is 0 Å². The van der Waals surface area contributed by atoms with E-state index in [0.717, 1.165) is 0 Å². The Morgan fingerprint density at radius 2 is 1.58 bits per heavy atom. The van der Waals surface area contributed by atoms with Crippen molar-refractivity contribution < 1.29 is 23.9 Å². The van der Waals surface area contributed by atoms with E-state index in [9.17, 15) is 14.4 Å². The summed E-state index contributed by atoms with van der Waals surface area (Å²) in [5.41, 5.74) is 9.58. The minimum atomic E-state index is -0.867. The zero-order valence-electron chi connectivity index (χ0n) is 16.8. The van der Waals surface area contributed by atoms with Gasteiger partial charge in [0.2, 0.25) is 5.91 Å². The van der Waals surface area contributed by atoms with Crippen LogP contribution in [0.15, 0.2) is 0 Å². The highest BCUT2D eigenvalue weighted by Crippen LogP contribution is 2.14. The Labute approximate surface area is 155 Å². The average molecular weight is 374 g/mol. The van der Waals surface area contributed by atoms with Gasteiger partial charge in [-0.25, -0.2) is 9.59 Å². The molecular formula is C17H34N4O5. The van der Waals surface area contributed by atoms with Crippen molar-refractivity contribution in [2.24, 2.45) is 11.5 Å². The van der Waals surface area contributed by atoms with Crippen molar-refractivity contribution in [3.63, 3.8) is 0 Å². The van der Waals surface area contributed by atoms with Gasteiger partial charge >= 0.3 is 12.2 Å². The van der Waals surface area contributed by atoms with E-state index < -0.39 is 35.3 Å². The SMILES string of the molecule is CC(C)(C)OC(=O)NCCN(C(=O)OC(C)(C)C)[C@@H](CCCN)C(N)=O. The number of nitrogens with two attached hydrogens (primary N) is 2. The zero-order valence-corrected chi connectivity index (χ0v) is 16.8. The van der Waals surface area contributed by atoms with Crippen molar-refractivity contribution in [2.45, 2.75) is 71.6 Å². The lowest BCUT2D eigenvalue weighted by molar-refractivity contribution is -0.123. The molecular weight excluding hydrogens is 340 g/mol. The summed E-state index contributed by atoms with van der Waals surface area (Å²) in [6, 6.07) is -0.867. The number of carbonyl (C=O) groups is 3. The number of amides is 3. The molecule has 152 valence electrons. The molecule has 0 aliphatic heterocycles. The maximum Gasteiger partial charge on any atom is 0.411 e. The van der Waals surface area contributed by atoms with Gasteiger partial charge in [-0.15, -0.1) is 0 Å². The number of ether oxygens (including phenoxy) is 2. The summed E-state index contributed by atoms with van der Waals surface area (Å²) in [7, 11) is 0. The number of rotatable bonds is 8. The normalized spacial score (nSPS) is 12.9. The zero-order chi connectivity index (χ0) is 20.5. The van der Waals surface area contributed by atoms with Gasteiger partial charge < -0.3 is 26.3 Å². The summed E-state index contributed by atoms with van der Waals surface area (Å²) in [4.78, 5) is 37.3. The van der Waals surface area contributed by atoms with Crippen molar-refractivity contribution in [1.82, 2.24) is 10.2 Å². The predicted octanol–water partition coefficient (Wildman–Crippen LogP) is 1.34. The molecule has 0 aromatic rings. The topological polar surface area (TPSA) is 137 Å². The number of alkyl carbamates (subject to hydrolysis) is 1. The van der Waals surface area contributed by atoms with E-state index in [-0.39, 0.29) is 13.1 Å². The fourth-order valence-corrected chi connectivity index (χ4v) is 2.05. The Bertz CT molecular complexity index is 483. The van der Waals surface area contributed by atoms with E-state index in [2.05, 4.69) is 5.32 Å². The Kier molecular flexibility index (Phi) is 9.40. The van der Waals surface area contributed by atoms with Gasteiger partial charge in [0, 0.05) is 13.1 Å². The van der Waals surface area contributed by atoms with Crippen LogP contribution in [0, 0.1) is 0 Å². The van der Waals surface area contributed by atoms with Crippen LogP contribution in [0.2, 0.25) is 0 Å². The second-order valence-corrected chi connectivity index (χ2v) is 7.95. The van der Waals surface area contributed by atoms with Gasteiger partial charge in [0.25, 0.3) is 0 Å². The maximum absolute atomic E-state index is 12.5. The molecule has 0 radical (unpaired) electrons. The van der Waals surface area contributed by atoms with Gasteiger partial charge in [-0.1, -0.05) is 0 Å². The van der Waals surface area contributed by atoms with Crippen molar-refractivity contribution in [2.75, 3.05) is 19.6 Å². The molecule has 0 saturated carbocycles. The molecule has 0 spiro atoms. The van der Waals surface area contributed by atoms with Crippen LogP contribution >= 0.6 is 0 Å². The highest BCUT2D eigenvalue weighted by atomic mass is 16.6. The van der Waals surface area contributed by atoms with E-state index in [0.29, 0.717) is 19.4 Å². The van der Waals surface area contributed by atoms with Crippen LogP contribution in [0.4, 0.5) is 9.59 Å². The first-order chi connectivity index (χ1) is 11.8. The van der Waals surface area contributed by atoms with Crippen LogP contribution in [0.3, 0.4) is 0 Å². The highest BCUT2D eigenvalue weighted by Gasteiger charge is 2.31. The summed E-state index contributed by atoms with van der Waals surface area (Å²) >= 11 is 0. The maximum atomic E-state index is 12.5. The second kappa shape index (κ2) is 10.2. The molecule has 26 heavy (non-hydrogen) atoms. The lowest BCUT2D eigenvalue weighted by Crippen LogP contribution is -2.52. The van der Waals surface area contributed by atoms with Gasteiger partial charge in [-0.2, -0.15) is 0 Å². The van der Waals surface area contributed by atoms with Gasteiger partial charge in [0.15, 0.2) is 0 Å². The van der Waals surface area contributed by atoms with E-state index in [1.165, 1.54) is 4.90 Å². The Hall–Kier alpha value is -2.03. The number of nitrogens with zero attached hydrogens (tertiary/aromatic N) is 1. The van der Waals surface area contributed by atoms with E-state index in [1.54, 1.807) is 41.5 Å². The smallest absolute Gasteiger partial charge is 0.411 e. The first-order valence-corrected chi connectivity index (χ1v) is 8.72. The number of carbonyl (C=O) groups excluding carboxylic acids is 3. The Morgan fingerprint density at radius 1 is 1.04 bits per heavy atom. The largest absolute Gasteiger partial charge is 0.444 e. The van der Waals surface area contributed by atoms with Crippen molar-refractivity contribution in [1.29, 1.82) is 0 Å². The molecule has 1 atom stereocenters. The minimum absolute atomic E-state index is 0.0480. The number of nitrogens with one attached hydrogen (secondary N) is 1. The standard InChI is InChI=1S/C17H34N4O5/c1-16(2,3)25-14(23)20-10-11-21(15(24)26-17(4,5)6)12(13(19)22)8-7-9-18/h12H,7-11,18H2,1-6H3,(H2,19,22)(H,20,23)/t12-/m0/s1. The van der Waals surface area contributed by atoms with E-state index in [4.69, 9.17) is 20.9 Å². The van der Waals surface area contributed by atoms with Crippen LogP contribution in [-0.4, -0.2) is 59.9 Å². The van der Waals surface area contributed by atoms with Crippen LogP contribution in [0.1, 0.15) is 54.4 Å². The number of primary amides is 1. The van der Waals surface area contributed by atoms with Crippen molar-refractivity contribution in [3.05, 3.63) is 0 Å². The molecule has 0 rings (SSSR count). The lowest BCUT2D eigenvalue weighted by atomic mass is 10.1. The molecule has 0 saturated heterocycles. The van der Waals surface area contributed by atoms with Gasteiger partial charge in [-0.05, 0) is 60.9 Å². The van der Waals surface area contributed by atoms with Crippen LogP contribution < -0.4 is 16.8 Å². The van der Waals surface area contributed by atoms with Crippen molar-refractivity contribution in [3.8, 4) is 0 Å². The quantitative estimate of drug-likeness (QED) is 0.586. The molecule has 0 unspecified atom stereocenters. The molecule has 0 heterocycles. The lowest BCUT2D eigenvalue weighted by Gasteiger charge is -2.32. The molecule has 0 fully saturated rings. The fraction of sp³-hybridized carbons (Fsp3) is 0.824. The molecule has 9 heteroatoms. The average Bonchev–Trinajstić information content (AvgIpc) is 2.41. The molecule has 9 nitrogen and oxygen atoms in total. The first kappa shape index (κ1) is 24.0. The van der Waals surface area contributed by atoms with Crippen LogP contribution in [0.25, 0.3) is 0 Å². The third kappa shape index (κ3) is 10.8. The number of hydrogen-bond acceptors (Lipinski definition) is 6. The second-order valence-electron chi connectivity index (χ2n) is 7.95. The minimum Gasteiger partial charge on any atom is -0.444 e. The van der Waals surface area contributed by atoms with Crippen LogP contribution in [-0.2, 0) is 14.3 Å². The summed E-state index contributed by atoms with van der Waals surface area (Å²) in [6.45, 7) is 10.9. The van der Waals surface area contributed by atoms with E-state index >= 15 is 0 Å². The predicted molar refractivity (Wildman–Crippen MR) is 98.4 cm³/mol. The Morgan fingerprint density at radius 3 is 2.00 bits per heavy atom. The van der Waals surface area contributed by atoms with Gasteiger partial charge in [-0.3, -0.25) is 9.69 Å². The van der Waals surface area contributed by atoms with Gasteiger partial charge in [0.1, 0.15) is 17.2 Å². The third-order valence-electron chi connectivity index (χ3n) is 3.04. The summed E-state index contributed by atoms with van der Waals surface area (Å²) in [6.07, 6.45) is -0.451. The molecule has 3 amide bonds. The fourth-order valence-electron chi connectivity index (χ4n) is 2.05. The summed E-state index contributed by atoms with van der Waals surface area (Å²) in [5, 5.41) is 2.55. The first-order valence-electron chi connectivity index (χ1n) is 8.72. The summed E-state index contributed by atoms with van der Waals surface area (Å²) in [5.74, 6) is -0.651. The molecule has 0 aromatic heterocycles. The van der Waals surface area contributed by atoms with Gasteiger partial charge in [0.05, 0.1) is 0 Å². The third-order valence-corrected chi connectivity index (χ3v) is 3.04. The number of hydrogen-bond donors (Lipinski definition) is 3. The Balaban J connectivity index is 5.05. The highest BCUT2D eigenvalue weighted by molar-refractivity contribution is 5.84. The van der Waals surface area contributed by atoms with Crippen molar-refractivity contribution >= 4 is 18.1 Å². The molecule has 0 aliphatic carbocycles. The molecule has 0 aromatic carbocycles. The monoisotopic (exact) mass is 374 g/mol. The summed E-state index contributed by atoms with van der Waals surface area (Å²) < 4.78 is 10.5.